The van der Waals surface area contributed by atoms with Crippen molar-refractivity contribution < 1.29 is 9.94 Å². The van der Waals surface area contributed by atoms with Crippen LogP contribution in [0.2, 0.25) is 5.02 Å². The molecule has 0 heterocycles. The third-order valence-corrected chi connectivity index (χ3v) is 2.85. The first-order valence-electron chi connectivity index (χ1n) is 6.63. The Kier molecular flexibility index (Phi) is 6.46. The topological polar surface area (TPSA) is 53.9 Å². The van der Waals surface area contributed by atoms with Crippen LogP contribution in [0.5, 0.6) is 0 Å². The van der Waals surface area contributed by atoms with Gasteiger partial charge in [-0.05, 0) is 45.4 Å². The normalized spacial score (nSPS) is 14.2. The first-order chi connectivity index (χ1) is 9.28. The summed E-state index contributed by atoms with van der Waals surface area (Å²) in [6, 6.07) is 7.36. The fourth-order valence-electron chi connectivity index (χ4n) is 1.45. The van der Waals surface area contributed by atoms with Crippen LogP contribution in [0.1, 0.15) is 33.3 Å². The lowest BCUT2D eigenvalue weighted by molar-refractivity contribution is 0.0373. The number of β-amino-alcohol motifs (C(OH)–C–C–N with tert-alkyl or cyclic N) is 1. The number of aliphatic hydroxyl groups excluding tert-OH is 1. The first kappa shape index (κ1) is 17.0. The van der Waals surface area contributed by atoms with E-state index in [0.29, 0.717) is 11.6 Å². The molecule has 1 rings (SSSR count). The summed E-state index contributed by atoms with van der Waals surface area (Å²) in [6.07, 6.45) is -0.587. The quantitative estimate of drug-likeness (QED) is 0.627. The number of rotatable bonds is 6. The van der Waals surface area contributed by atoms with Gasteiger partial charge in [0.25, 0.3) is 0 Å². The van der Waals surface area contributed by atoms with E-state index in [-0.39, 0.29) is 12.1 Å². The lowest BCUT2D eigenvalue weighted by Crippen LogP contribution is -2.42. The van der Waals surface area contributed by atoms with E-state index in [1.54, 1.807) is 12.1 Å². The largest absolute Gasteiger partial charge is 0.393 e. The Morgan fingerprint density at radius 2 is 1.95 bits per heavy atom. The van der Waals surface area contributed by atoms with Gasteiger partial charge < -0.3 is 15.3 Å². The number of hydrogen-bond donors (Lipinski definition) is 2. The van der Waals surface area contributed by atoms with Crippen LogP contribution in [0.3, 0.4) is 0 Å². The number of aliphatic hydroxyl groups is 1. The third kappa shape index (κ3) is 6.89. The second kappa shape index (κ2) is 7.62. The minimum Gasteiger partial charge on any atom is -0.393 e. The third-order valence-electron chi connectivity index (χ3n) is 2.60. The predicted molar refractivity (Wildman–Crippen MR) is 83.4 cm³/mol. The van der Waals surface area contributed by atoms with E-state index >= 15 is 0 Å². The van der Waals surface area contributed by atoms with Crippen LogP contribution in [-0.4, -0.2) is 35.6 Å². The van der Waals surface area contributed by atoms with Gasteiger partial charge in [-0.15, -0.1) is 0 Å². The Hall–Kier alpha value is -1.10. The number of nitrogens with one attached hydrogen (secondary N) is 1. The van der Waals surface area contributed by atoms with Gasteiger partial charge in [0.1, 0.15) is 12.7 Å². The Bertz CT molecular complexity index is 438. The van der Waals surface area contributed by atoms with Gasteiger partial charge in [0.2, 0.25) is 0 Å². The monoisotopic (exact) mass is 298 g/mol. The van der Waals surface area contributed by atoms with E-state index in [1.807, 2.05) is 39.8 Å². The second-order valence-electron chi connectivity index (χ2n) is 5.76. The molecule has 2 N–H and O–H groups in total. The minimum absolute atomic E-state index is 0.0243. The molecule has 4 nitrogen and oxygen atoms in total. The summed E-state index contributed by atoms with van der Waals surface area (Å²) in [7, 11) is 0. The van der Waals surface area contributed by atoms with Crippen molar-refractivity contribution >= 4 is 17.3 Å². The van der Waals surface area contributed by atoms with Gasteiger partial charge in [-0.25, -0.2) is 0 Å². The van der Waals surface area contributed by atoms with E-state index in [9.17, 15) is 5.11 Å². The summed E-state index contributed by atoms with van der Waals surface area (Å²) in [5.74, 6) is 0. The van der Waals surface area contributed by atoms with E-state index in [0.717, 1.165) is 11.3 Å². The molecule has 0 radical (unpaired) electrons. The van der Waals surface area contributed by atoms with Crippen molar-refractivity contribution in [1.82, 2.24) is 5.32 Å². The Labute approximate surface area is 125 Å². The van der Waals surface area contributed by atoms with Crippen molar-refractivity contribution in [2.24, 2.45) is 5.16 Å². The minimum atomic E-state index is -0.587. The average Bonchev–Trinajstić information content (AvgIpc) is 2.36. The summed E-state index contributed by atoms with van der Waals surface area (Å²) in [5.41, 5.74) is 1.66. The number of benzene rings is 1. The van der Waals surface area contributed by atoms with Crippen LogP contribution >= 0.6 is 11.6 Å². The van der Waals surface area contributed by atoms with Crippen LogP contribution < -0.4 is 5.32 Å². The van der Waals surface area contributed by atoms with Crippen molar-refractivity contribution in [1.29, 1.82) is 0 Å². The van der Waals surface area contributed by atoms with E-state index in [2.05, 4.69) is 10.5 Å². The fraction of sp³-hybridized carbons (Fsp3) is 0.533. The lowest BCUT2D eigenvalue weighted by atomic mass is 10.1. The van der Waals surface area contributed by atoms with Gasteiger partial charge in [-0.1, -0.05) is 28.9 Å². The summed E-state index contributed by atoms with van der Waals surface area (Å²) in [4.78, 5) is 5.17. The van der Waals surface area contributed by atoms with Gasteiger partial charge in [-0.3, -0.25) is 0 Å². The van der Waals surface area contributed by atoms with Crippen molar-refractivity contribution in [3.8, 4) is 0 Å². The summed E-state index contributed by atoms with van der Waals surface area (Å²) in [6.45, 7) is 8.62. The highest BCUT2D eigenvalue weighted by atomic mass is 35.5. The molecule has 0 unspecified atom stereocenters. The highest BCUT2D eigenvalue weighted by Gasteiger charge is 2.12. The molecule has 1 atom stereocenters. The Morgan fingerprint density at radius 1 is 1.35 bits per heavy atom. The molecule has 0 amide bonds. The average molecular weight is 299 g/mol. The number of oxime groups is 1. The van der Waals surface area contributed by atoms with Crippen molar-refractivity contribution in [3.05, 3.63) is 34.9 Å². The number of hydrogen-bond acceptors (Lipinski definition) is 4. The molecule has 0 aromatic heterocycles. The highest BCUT2D eigenvalue weighted by molar-refractivity contribution is 6.30. The lowest BCUT2D eigenvalue weighted by Gasteiger charge is -2.22. The molecule has 0 saturated heterocycles. The maximum absolute atomic E-state index is 9.76. The molecule has 20 heavy (non-hydrogen) atoms. The van der Waals surface area contributed by atoms with Crippen molar-refractivity contribution in [3.63, 3.8) is 0 Å². The zero-order valence-electron chi connectivity index (χ0n) is 12.5. The van der Waals surface area contributed by atoms with Crippen LogP contribution in [0, 0.1) is 0 Å². The van der Waals surface area contributed by atoms with Gasteiger partial charge in [0, 0.05) is 17.1 Å². The molecule has 112 valence electrons. The van der Waals surface area contributed by atoms with Gasteiger partial charge >= 0.3 is 0 Å². The van der Waals surface area contributed by atoms with E-state index in [4.69, 9.17) is 16.4 Å². The van der Waals surface area contributed by atoms with Crippen LogP contribution in [0.4, 0.5) is 0 Å². The highest BCUT2D eigenvalue weighted by Crippen LogP contribution is 2.10. The van der Waals surface area contributed by atoms with Crippen molar-refractivity contribution in [2.75, 3.05) is 13.2 Å². The summed E-state index contributed by atoms with van der Waals surface area (Å²) >= 11 is 5.82. The molecular weight excluding hydrogens is 276 g/mol. The maximum atomic E-state index is 9.76. The molecule has 0 aliphatic heterocycles. The molecule has 0 fully saturated rings. The zero-order valence-corrected chi connectivity index (χ0v) is 13.2. The molecular formula is C15H23ClN2O2. The fourth-order valence-corrected chi connectivity index (χ4v) is 1.57. The molecule has 1 aromatic carbocycles. The Morgan fingerprint density at radius 3 is 2.50 bits per heavy atom. The second-order valence-corrected chi connectivity index (χ2v) is 6.20. The maximum Gasteiger partial charge on any atom is 0.144 e. The number of halogens is 1. The van der Waals surface area contributed by atoms with Crippen molar-refractivity contribution in [2.45, 2.75) is 39.3 Å². The van der Waals surface area contributed by atoms with Gasteiger partial charge in [0.15, 0.2) is 0 Å². The zero-order chi connectivity index (χ0) is 15.2. The predicted octanol–water partition coefficient (Wildman–Crippen LogP) is 2.83. The van der Waals surface area contributed by atoms with Gasteiger partial charge in [-0.2, -0.15) is 0 Å². The molecule has 0 spiro atoms. The van der Waals surface area contributed by atoms with E-state index in [1.165, 1.54) is 0 Å². The van der Waals surface area contributed by atoms with Crippen LogP contribution in [0.25, 0.3) is 0 Å². The molecule has 5 heteroatoms. The molecule has 0 bridgehead atoms. The Balaban J connectivity index is 2.38. The smallest absolute Gasteiger partial charge is 0.144 e. The van der Waals surface area contributed by atoms with E-state index < -0.39 is 6.10 Å². The van der Waals surface area contributed by atoms with Gasteiger partial charge in [0.05, 0.1) is 5.71 Å². The van der Waals surface area contributed by atoms with Crippen LogP contribution in [0.15, 0.2) is 29.4 Å². The first-order valence-corrected chi connectivity index (χ1v) is 7.01. The summed E-state index contributed by atoms with van der Waals surface area (Å²) < 4.78 is 0. The molecule has 1 aromatic rings. The summed E-state index contributed by atoms with van der Waals surface area (Å²) in [5, 5.41) is 17.6. The van der Waals surface area contributed by atoms with Crippen LogP contribution in [-0.2, 0) is 4.84 Å². The molecule has 0 aliphatic carbocycles. The standard InChI is InChI=1S/C15H23ClN2O2/c1-11(12-5-7-13(16)8-6-12)18-20-10-14(19)9-17-15(2,3)4/h5-8,14,17,19H,9-10H2,1-4H3/t14-/m1/s1. The molecule has 0 saturated carbocycles. The molecule has 0 aliphatic rings. The number of nitrogens with zero attached hydrogens (tertiary/aromatic N) is 1. The SMILES string of the molecule is CC(=NOC[C@H](O)CNC(C)(C)C)c1ccc(Cl)cc1.